The molecule has 2 rings (SSSR count). The van der Waals surface area contributed by atoms with E-state index in [4.69, 9.17) is 13.9 Å². The average Bonchev–Trinajstić information content (AvgIpc) is 2.67. The fourth-order valence-corrected chi connectivity index (χ4v) is 6.31. The lowest BCUT2D eigenvalue weighted by atomic mass is 9.80. The van der Waals surface area contributed by atoms with Gasteiger partial charge in [0.25, 0.3) is 0 Å². The maximum Gasteiger partial charge on any atom is 0.311 e. The van der Waals surface area contributed by atoms with Crippen LogP contribution in [0.15, 0.2) is 0 Å². The average molecular weight is 371 g/mol. The third kappa shape index (κ3) is 5.07. The largest absolute Gasteiger partial charge is 0.466 e. The summed E-state index contributed by atoms with van der Waals surface area (Å²) >= 11 is 0. The number of ether oxygens (including phenoxy) is 2. The van der Waals surface area contributed by atoms with E-state index in [0.29, 0.717) is 12.5 Å². The molecule has 0 bridgehead atoms. The SMILES string of the molecule is CCCCOC1CC(C(=O)OCC)C2(O[Si](C)(C)C)CCCCCC12. The van der Waals surface area contributed by atoms with E-state index in [2.05, 4.69) is 26.6 Å². The lowest BCUT2D eigenvalue weighted by Gasteiger charge is -2.43. The summed E-state index contributed by atoms with van der Waals surface area (Å²) in [7, 11) is -1.80. The molecule has 2 aliphatic rings. The summed E-state index contributed by atoms with van der Waals surface area (Å²) in [5, 5.41) is 0. The van der Waals surface area contributed by atoms with Crippen LogP contribution in [0.4, 0.5) is 0 Å². The van der Waals surface area contributed by atoms with Crippen LogP contribution in [0.2, 0.25) is 19.6 Å². The topological polar surface area (TPSA) is 44.8 Å². The number of carbonyl (C=O) groups is 1. The summed E-state index contributed by atoms with van der Waals surface area (Å²) in [4.78, 5) is 12.8. The summed E-state index contributed by atoms with van der Waals surface area (Å²) in [6, 6.07) is 0. The number of fused-ring (bicyclic) bond motifs is 1. The molecule has 0 N–H and O–H groups in total. The van der Waals surface area contributed by atoms with Crippen molar-refractivity contribution in [3.63, 3.8) is 0 Å². The highest BCUT2D eigenvalue weighted by molar-refractivity contribution is 6.69. The van der Waals surface area contributed by atoms with Crippen molar-refractivity contribution in [3.05, 3.63) is 0 Å². The van der Waals surface area contributed by atoms with Gasteiger partial charge in [0.05, 0.1) is 24.2 Å². The van der Waals surface area contributed by atoms with Crippen molar-refractivity contribution >= 4 is 14.3 Å². The smallest absolute Gasteiger partial charge is 0.311 e. The first kappa shape index (κ1) is 20.9. The zero-order valence-corrected chi connectivity index (χ0v) is 17.9. The highest BCUT2D eigenvalue weighted by atomic mass is 28.4. The number of carbonyl (C=O) groups excluding carboxylic acids is 1. The molecule has 0 radical (unpaired) electrons. The third-order valence-corrected chi connectivity index (χ3v) is 6.61. The molecule has 0 aromatic carbocycles. The van der Waals surface area contributed by atoms with Gasteiger partial charge in [0.15, 0.2) is 8.32 Å². The van der Waals surface area contributed by atoms with E-state index in [-0.39, 0.29) is 23.6 Å². The van der Waals surface area contributed by atoms with Crippen molar-refractivity contribution in [2.75, 3.05) is 13.2 Å². The van der Waals surface area contributed by atoms with E-state index in [1.165, 1.54) is 12.8 Å². The molecule has 25 heavy (non-hydrogen) atoms. The van der Waals surface area contributed by atoms with Crippen LogP contribution in [0.5, 0.6) is 0 Å². The molecule has 5 heteroatoms. The molecule has 146 valence electrons. The summed E-state index contributed by atoms with van der Waals surface area (Å²) in [5.41, 5.74) is -0.371. The lowest BCUT2D eigenvalue weighted by molar-refractivity contribution is -0.157. The summed E-state index contributed by atoms with van der Waals surface area (Å²) < 4.78 is 18.6. The number of rotatable bonds is 8. The first-order valence-electron chi connectivity index (χ1n) is 10.3. The van der Waals surface area contributed by atoms with E-state index in [1.54, 1.807) is 0 Å². The molecular weight excluding hydrogens is 332 g/mol. The Hall–Kier alpha value is -0.393. The molecule has 0 amide bonds. The molecule has 2 saturated carbocycles. The van der Waals surface area contributed by atoms with Crippen molar-refractivity contribution in [1.82, 2.24) is 0 Å². The molecule has 4 atom stereocenters. The third-order valence-electron chi connectivity index (χ3n) is 5.61. The Morgan fingerprint density at radius 3 is 2.56 bits per heavy atom. The Balaban J connectivity index is 2.32. The quantitative estimate of drug-likeness (QED) is 0.345. The van der Waals surface area contributed by atoms with Crippen LogP contribution >= 0.6 is 0 Å². The van der Waals surface area contributed by atoms with E-state index in [1.807, 2.05) is 6.92 Å². The fourth-order valence-electron chi connectivity index (χ4n) is 4.77. The minimum Gasteiger partial charge on any atom is -0.466 e. The highest BCUT2D eigenvalue weighted by Gasteiger charge is 2.60. The van der Waals surface area contributed by atoms with Gasteiger partial charge in [0, 0.05) is 12.5 Å². The van der Waals surface area contributed by atoms with E-state index < -0.39 is 8.32 Å². The van der Waals surface area contributed by atoms with Crippen molar-refractivity contribution in [2.45, 2.75) is 96.6 Å². The highest BCUT2D eigenvalue weighted by Crippen LogP contribution is 2.53. The molecular formula is C20H38O4Si. The van der Waals surface area contributed by atoms with Gasteiger partial charge in [0.2, 0.25) is 0 Å². The molecule has 4 unspecified atom stereocenters. The van der Waals surface area contributed by atoms with E-state index >= 15 is 0 Å². The molecule has 0 heterocycles. The second-order valence-electron chi connectivity index (χ2n) is 8.68. The molecule has 0 saturated heterocycles. The normalized spacial score (nSPS) is 32.9. The fraction of sp³-hybridized carbons (Fsp3) is 0.950. The van der Waals surface area contributed by atoms with Crippen LogP contribution in [-0.2, 0) is 18.7 Å². The molecule has 2 aliphatic carbocycles. The standard InChI is InChI=1S/C20H38O4Si/c1-6-8-14-23-18-15-17(19(21)22-7-2)20(24-25(3,4)5)13-11-9-10-12-16(18)20/h16-18H,6-15H2,1-5H3. The Bertz CT molecular complexity index is 434. The Kier molecular flexibility index (Phi) is 7.53. The van der Waals surface area contributed by atoms with Gasteiger partial charge in [-0.15, -0.1) is 0 Å². The van der Waals surface area contributed by atoms with E-state index in [0.717, 1.165) is 45.1 Å². The Labute approximate surface area is 155 Å². The molecule has 0 aromatic heterocycles. The monoisotopic (exact) mass is 370 g/mol. The summed E-state index contributed by atoms with van der Waals surface area (Å²) in [5.74, 6) is 0.0798. The Morgan fingerprint density at radius 2 is 1.92 bits per heavy atom. The van der Waals surface area contributed by atoms with Crippen LogP contribution < -0.4 is 0 Å². The van der Waals surface area contributed by atoms with Gasteiger partial charge < -0.3 is 13.9 Å². The number of hydrogen-bond acceptors (Lipinski definition) is 4. The lowest BCUT2D eigenvalue weighted by Crippen LogP contribution is -2.52. The first-order chi connectivity index (χ1) is 11.8. The molecule has 2 fully saturated rings. The van der Waals surface area contributed by atoms with Crippen molar-refractivity contribution in [1.29, 1.82) is 0 Å². The summed E-state index contributed by atoms with van der Waals surface area (Å²) in [6.07, 6.45) is 8.77. The first-order valence-corrected chi connectivity index (χ1v) is 13.7. The molecule has 0 spiro atoms. The minimum absolute atomic E-state index is 0.0748. The van der Waals surface area contributed by atoms with Crippen molar-refractivity contribution in [2.24, 2.45) is 11.8 Å². The maximum atomic E-state index is 12.8. The van der Waals surface area contributed by atoms with Gasteiger partial charge in [-0.1, -0.05) is 32.6 Å². The number of hydrogen-bond donors (Lipinski definition) is 0. The van der Waals surface area contributed by atoms with Crippen LogP contribution in [-0.4, -0.2) is 39.2 Å². The molecule has 4 nitrogen and oxygen atoms in total. The number of unbranched alkanes of at least 4 members (excludes halogenated alkanes) is 1. The van der Waals surface area contributed by atoms with Crippen LogP contribution in [0.3, 0.4) is 0 Å². The predicted molar refractivity (Wildman–Crippen MR) is 103 cm³/mol. The van der Waals surface area contributed by atoms with Crippen molar-refractivity contribution < 1.29 is 18.7 Å². The summed E-state index contributed by atoms with van der Waals surface area (Å²) in [6.45, 7) is 12.0. The zero-order valence-electron chi connectivity index (χ0n) is 16.9. The van der Waals surface area contributed by atoms with Crippen LogP contribution in [0, 0.1) is 11.8 Å². The minimum atomic E-state index is -1.80. The number of esters is 1. The van der Waals surface area contributed by atoms with Gasteiger partial charge in [-0.3, -0.25) is 4.79 Å². The zero-order chi connectivity index (χ0) is 18.5. The Morgan fingerprint density at radius 1 is 1.16 bits per heavy atom. The maximum absolute atomic E-state index is 12.8. The second kappa shape index (κ2) is 9.00. The molecule has 0 aromatic rings. The van der Waals surface area contributed by atoms with Gasteiger partial charge >= 0.3 is 5.97 Å². The van der Waals surface area contributed by atoms with Crippen LogP contribution in [0.25, 0.3) is 0 Å². The van der Waals surface area contributed by atoms with Gasteiger partial charge in [-0.25, -0.2) is 0 Å². The predicted octanol–water partition coefficient (Wildman–Crippen LogP) is 4.93. The van der Waals surface area contributed by atoms with Crippen molar-refractivity contribution in [3.8, 4) is 0 Å². The van der Waals surface area contributed by atoms with Gasteiger partial charge in [-0.05, 0) is 52.2 Å². The van der Waals surface area contributed by atoms with Crippen LogP contribution in [0.1, 0.15) is 65.2 Å². The van der Waals surface area contributed by atoms with Gasteiger partial charge in [-0.2, -0.15) is 0 Å². The second-order valence-corrected chi connectivity index (χ2v) is 13.1. The van der Waals surface area contributed by atoms with E-state index in [9.17, 15) is 4.79 Å². The van der Waals surface area contributed by atoms with Gasteiger partial charge in [0.1, 0.15) is 0 Å². The molecule has 0 aliphatic heterocycles.